The standard InChI is InChI=1S/C42H36B9N3O/c43-29-27(30(44)33(47)35(49)32(29)46)40-52-39(53-41(54-40)28-31(45)34(48)36(50)37(51)38(28)55)20-15-16-26-22(17-20)21-9-3-6-12-25(21)42(26)23-10-4-1-7-18(23)13-14-19-8-2-5-11-24(19)42/h1-17,55H,43-51H2. The molecule has 4 nitrogen and oxygen atoms in total. The molecule has 0 atom stereocenters. The Kier molecular flexibility index (Phi) is 8.16. The minimum absolute atomic E-state index is 0.220. The Bertz CT molecular complexity index is 2660. The SMILES string of the molecule is Bc1c(B)c(B)c(-c2nc(-c3ccc4c(c3)-c3ccccc3C43c4ccccc4C=Cc4ccccc43)nc(-c3c(B)c(B)c(B)c(B)c3O)n2)c(B)c1B. The van der Waals surface area contributed by atoms with Gasteiger partial charge < -0.3 is 5.11 Å². The van der Waals surface area contributed by atoms with Crippen LogP contribution in [0.15, 0.2) is 91.0 Å². The molecule has 0 aliphatic heterocycles. The summed E-state index contributed by atoms with van der Waals surface area (Å²) >= 11 is 0. The molecule has 55 heavy (non-hydrogen) atoms. The molecule has 1 heterocycles. The summed E-state index contributed by atoms with van der Waals surface area (Å²) in [7, 11) is 19.1. The van der Waals surface area contributed by atoms with E-state index in [1.165, 1.54) is 60.9 Å². The second-order valence-electron chi connectivity index (χ2n) is 15.6. The minimum atomic E-state index is -0.512. The maximum Gasteiger partial charge on any atom is 0.167 e. The molecule has 0 saturated heterocycles. The van der Waals surface area contributed by atoms with Crippen LogP contribution in [0.5, 0.6) is 5.75 Å². The van der Waals surface area contributed by atoms with Crippen molar-refractivity contribution >= 4 is 132 Å². The van der Waals surface area contributed by atoms with Crippen molar-refractivity contribution in [1.82, 2.24) is 15.0 Å². The molecule has 1 aromatic heterocycles. The van der Waals surface area contributed by atoms with Crippen LogP contribution in [-0.2, 0) is 5.41 Å². The summed E-state index contributed by atoms with van der Waals surface area (Å²) < 4.78 is 0. The summed E-state index contributed by atoms with van der Waals surface area (Å²) in [5.74, 6) is 1.89. The summed E-state index contributed by atoms with van der Waals surface area (Å²) in [5.41, 5.74) is 22.0. The van der Waals surface area contributed by atoms with Gasteiger partial charge in [-0.3, -0.25) is 0 Å². The first-order valence-electron chi connectivity index (χ1n) is 19.2. The third-order valence-corrected chi connectivity index (χ3v) is 13.2. The zero-order valence-corrected chi connectivity index (χ0v) is 33.1. The molecule has 0 bridgehead atoms. The summed E-state index contributed by atoms with van der Waals surface area (Å²) in [6.07, 6.45) is 4.52. The molecule has 1 spiro atoms. The van der Waals surface area contributed by atoms with Crippen LogP contribution in [0.25, 0.3) is 57.4 Å². The van der Waals surface area contributed by atoms with E-state index in [1.54, 1.807) is 0 Å². The average Bonchev–Trinajstić information content (AvgIpc) is 3.41. The fraction of sp³-hybridized carbons (Fsp3) is 0.0238. The average molecular weight is 696 g/mol. The van der Waals surface area contributed by atoms with Gasteiger partial charge in [0, 0.05) is 11.1 Å². The van der Waals surface area contributed by atoms with Crippen LogP contribution in [0.3, 0.4) is 0 Å². The number of fused-ring (bicyclic) bond motifs is 9. The van der Waals surface area contributed by atoms with E-state index in [1.807, 2.05) is 7.85 Å². The number of phenols is 1. The second kappa shape index (κ2) is 12.8. The predicted molar refractivity (Wildman–Crippen MR) is 258 cm³/mol. The van der Waals surface area contributed by atoms with Gasteiger partial charge in [0.2, 0.25) is 0 Å². The number of rotatable bonds is 3. The van der Waals surface area contributed by atoms with E-state index in [0.29, 0.717) is 23.0 Å². The largest absolute Gasteiger partial charge is 0.508 e. The maximum absolute atomic E-state index is 11.7. The van der Waals surface area contributed by atoms with Gasteiger partial charge in [-0.1, -0.05) is 124 Å². The zero-order valence-electron chi connectivity index (χ0n) is 33.1. The monoisotopic (exact) mass is 697 g/mol. The molecule has 13 heteroatoms. The van der Waals surface area contributed by atoms with E-state index < -0.39 is 5.41 Å². The Morgan fingerprint density at radius 1 is 0.400 bits per heavy atom. The van der Waals surface area contributed by atoms with Gasteiger partial charge in [0.05, 0.1) is 11.0 Å². The molecule has 7 aromatic rings. The summed E-state index contributed by atoms with van der Waals surface area (Å²) in [6, 6.07) is 33.2. The molecular formula is C42H36B9N3O. The van der Waals surface area contributed by atoms with Gasteiger partial charge in [-0.15, -0.1) is 21.9 Å². The molecule has 252 valence electrons. The highest BCUT2D eigenvalue weighted by molar-refractivity contribution is 6.69. The molecule has 0 unspecified atom stereocenters. The number of phenolic OH excluding ortho intramolecular Hbond substituents is 1. The normalized spacial score (nSPS) is 13.2. The molecule has 9 rings (SSSR count). The van der Waals surface area contributed by atoms with Crippen molar-refractivity contribution in [2.24, 2.45) is 0 Å². The van der Waals surface area contributed by atoms with Crippen LogP contribution in [0.4, 0.5) is 0 Å². The predicted octanol–water partition coefficient (Wildman–Crippen LogP) is -6.25. The van der Waals surface area contributed by atoms with Crippen LogP contribution in [0.2, 0.25) is 0 Å². The van der Waals surface area contributed by atoms with Crippen molar-refractivity contribution in [1.29, 1.82) is 0 Å². The van der Waals surface area contributed by atoms with E-state index in [-0.39, 0.29) is 5.75 Å². The minimum Gasteiger partial charge on any atom is -0.508 e. The van der Waals surface area contributed by atoms with Crippen molar-refractivity contribution in [2.45, 2.75) is 5.41 Å². The molecule has 6 aromatic carbocycles. The van der Waals surface area contributed by atoms with Crippen molar-refractivity contribution in [3.05, 3.63) is 124 Å². The number of benzene rings is 6. The number of hydrogen-bond acceptors (Lipinski definition) is 4. The summed E-state index contributed by atoms with van der Waals surface area (Å²) in [4.78, 5) is 15.8. The molecule has 2 aliphatic carbocycles. The molecular weight excluding hydrogens is 660 g/mol. The summed E-state index contributed by atoms with van der Waals surface area (Å²) in [6.45, 7) is 0. The Labute approximate surface area is 331 Å². The fourth-order valence-corrected chi connectivity index (χ4v) is 9.43. The van der Waals surface area contributed by atoms with Gasteiger partial charge in [0.15, 0.2) is 17.5 Å². The molecule has 0 fully saturated rings. The van der Waals surface area contributed by atoms with Crippen LogP contribution in [0, 0.1) is 0 Å². The Hall–Kier alpha value is -5.55. The van der Waals surface area contributed by atoms with Gasteiger partial charge in [-0.25, -0.2) is 15.0 Å². The number of aromatic nitrogens is 3. The van der Waals surface area contributed by atoms with E-state index in [2.05, 4.69) is 166 Å². The molecule has 1 N–H and O–H groups in total. The van der Waals surface area contributed by atoms with Crippen molar-refractivity contribution in [2.75, 3.05) is 0 Å². The molecule has 0 amide bonds. The maximum atomic E-state index is 11.7. The highest BCUT2D eigenvalue weighted by atomic mass is 16.3. The first-order chi connectivity index (χ1) is 26.4. The van der Waals surface area contributed by atoms with Gasteiger partial charge in [0.25, 0.3) is 0 Å². The lowest BCUT2D eigenvalue weighted by atomic mass is 9.60. The molecule has 2 aliphatic rings. The van der Waals surface area contributed by atoms with Gasteiger partial charge >= 0.3 is 0 Å². The quantitative estimate of drug-likeness (QED) is 0.187. The third-order valence-electron chi connectivity index (χ3n) is 13.2. The third kappa shape index (κ3) is 4.94. The lowest BCUT2D eigenvalue weighted by molar-refractivity contribution is 0.482. The van der Waals surface area contributed by atoms with E-state index >= 15 is 0 Å². The lowest BCUT2D eigenvalue weighted by Gasteiger charge is -2.35. The number of nitrogens with zero attached hydrogens (tertiary/aromatic N) is 3. The van der Waals surface area contributed by atoms with Crippen LogP contribution < -0.4 is 49.2 Å². The van der Waals surface area contributed by atoms with E-state index in [0.717, 1.165) is 43.9 Å². The lowest BCUT2D eigenvalue weighted by Crippen LogP contribution is -2.55. The van der Waals surface area contributed by atoms with E-state index in [9.17, 15) is 5.11 Å². The first kappa shape index (κ1) is 35.2. The van der Waals surface area contributed by atoms with E-state index in [4.69, 9.17) is 15.0 Å². The summed E-state index contributed by atoms with van der Waals surface area (Å²) in [5, 5.41) is 11.7. The van der Waals surface area contributed by atoms with Crippen molar-refractivity contribution in [3.63, 3.8) is 0 Å². The van der Waals surface area contributed by atoms with Crippen LogP contribution in [-0.4, -0.2) is 90.7 Å². The Morgan fingerprint density at radius 2 is 0.836 bits per heavy atom. The first-order valence-corrected chi connectivity index (χ1v) is 19.2. The van der Waals surface area contributed by atoms with Crippen LogP contribution >= 0.6 is 0 Å². The second-order valence-corrected chi connectivity index (χ2v) is 15.6. The number of aromatic hydroxyl groups is 1. The Morgan fingerprint density at radius 3 is 1.44 bits per heavy atom. The van der Waals surface area contributed by atoms with Gasteiger partial charge in [0.1, 0.15) is 76.4 Å². The van der Waals surface area contributed by atoms with Crippen molar-refractivity contribution in [3.8, 4) is 51.0 Å². The Balaban J connectivity index is 1.35. The van der Waals surface area contributed by atoms with Gasteiger partial charge in [-0.2, -0.15) is 0 Å². The van der Waals surface area contributed by atoms with Crippen molar-refractivity contribution < 1.29 is 5.11 Å². The fourth-order valence-electron chi connectivity index (χ4n) is 9.43. The number of hydrogen-bond donors (Lipinski definition) is 1. The molecule has 0 radical (unpaired) electrons. The zero-order chi connectivity index (χ0) is 38.5. The van der Waals surface area contributed by atoms with Crippen LogP contribution in [0.1, 0.15) is 33.4 Å². The highest BCUT2D eigenvalue weighted by Crippen LogP contribution is 2.58. The highest BCUT2D eigenvalue weighted by Gasteiger charge is 2.48. The smallest absolute Gasteiger partial charge is 0.167 e. The topological polar surface area (TPSA) is 58.9 Å². The van der Waals surface area contributed by atoms with Gasteiger partial charge in [-0.05, 0) is 50.6 Å². The molecule has 0 saturated carbocycles.